The Labute approximate surface area is 181 Å². The van der Waals surface area contributed by atoms with Gasteiger partial charge in [0.1, 0.15) is 22.8 Å². The number of aryl methyl sites for hydroxylation is 1. The number of likely N-dealkylation sites (tertiary alicyclic amines) is 1. The first kappa shape index (κ1) is 20.2. The van der Waals surface area contributed by atoms with E-state index < -0.39 is 17.7 Å². The van der Waals surface area contributed by atoms with E-state index in [0.717, 1.165) is 17.1 Å². The van der Waals surface area contributed by atoms with E-state index in [2.05, 4.69) is 4.90 Å². The van der Waals surface area contributed by atoms with Crippen LogP contribution in [0.15, 0.2) is 40.8 Å². The van der Waals surface area contributed by atoms with Gasteiger partial charge in [0.2, 0.25) is 5.91 Å². The number of benzene rings is 1. The molecule has 0 saturated carbocycles. The van der Waals surface area contributed by atoms with Crippen LogP contribution in [0.25, 0.3) is 0 Å². The van der Waals surface area contributed by atoms with Crippen LogP contribution >= 0.6 is 0 Å². The highest BCUT2D eigenvalue weighted by molar-refractivity contribution is 6.06. The summed E-state index contributed by atoms with van der Waals surface area (Å²) < 4.78 is 10.8. The molecule has 1 aromatic heterocycles. The molecule has 3 saturated heterocycles. The van der Waals surface area contributed by atoms with Gasteiger partial charge in [-0.3, -0.25) is 24.3 Å². The fourth-order valence-corrected chi connectivity index (χ4v) is 5.16. The quantitative estimate of drug-likeness (QED) is 0.720. The third-order valence-electron chi connectivity index (χ3n) is 6.67. The van der Waals surface area contributed by atoms with E-state index in [0.29, 0.717) is 38.4 Å². The highest BCUT2D eigenvalue weighted by Crippen LogP contribution is 2.41. The van der Waals surface area contributed by atoms with Gasteiger partial charge in [0.25, 0.3) is 5.91 Å². The standard InChI is InChI=1S/C23H27N3O5/c1-15-3-6-19(31-15)12-25-21(28)20-9-17(27)11-26(20)23(22(25)29)13-24(14-23)10-16-4-7-18(30-2)8-5-16/h3-8,17,20,27H,9-14H2,1-2H3/t17-,20+/m1/s1. The van der Waals surface area contributed by atoms with Crippen molar-refractivity contribution < 1.29 is 23.8 Å². The smallest absolute Gasteiger partial charge is 0.252 e. The number of carbonyl (C=O) groups is 2. The van der Waals surface area contributed by atoms with Crippen molar-refractivity contribution in [3.05, 3.63) is 53.5 Å². The van der Waals surface area contributed by atoms with Crippen molar-refractivity contribution in [3.63, 3.8) is 0 Å². The summed E-state index contributed by atoms with van der Waals surface area (Å²) in [5, 5.41) is 10.3. The van der Waals surface area contributed by atoms with Crippen LogP contribution in [0.4, 0.5) is 0 Å². The van der Waals surface area contributed by atoms with E-state index in [9.17, 15) is 14.7 Å². The van der Waals surface area contributed by atoms with Gasteiger partial charge in [-0.25, -0.2) is 0 Å². The zero-order valence-corrected chi connectivity index (χ0v) is 17.8. The van der Waals surface area contributed by atoms with E-state index in [-0.39, 0.29) is 18.4 Å². The summed E-state index contributed by atoms with van der Waals surface area (Å²) >= 11 is 0. The highest BCUT2D eigenvalue weighted by atomic mass is 16.5. The zero-order valence-electron chi connectivity index (χ0n) is 17.8. The third-order valence-corrected chi connectivity index (χ3v) is 6.67. The van der Waals surface area contributed by atoms with Gasteiger partial charge < -0.3 is 14.3 Å². The number of fused-ring (bicyclic) bond motifs is 2. The second kappa shape index (κ2) is 7.47. The summed E-state index contributed by atoms with van der Waals surface area (Å²) in [6, 6.07) is 11.1. The van der Waals surface area contributed by atoms with E-state index in [1.165, 1.54) is 4.90 Å². The molecule has 0 bridgehead atoms. The molecule has 1 aromatic carbocycles. The molecule has 0 aliphatic carbocycles. The summed E-state index contributed by atoms with van der Waals surface area (Å²) in [5.74, 6) is 1.71. The van der Waals surface area contributed by atoms with Gasteiger partial charge in [0.15, 0.2) is 0 Å². The van der Waals surface area contributed by atoms with Crippen molar-refractivity contribution in [2.75, 3.05) is 26.7 Å². The lowest BCUT2D eigenvalue weighted by Crippen LogP contribution is -2.81. The molecule has 4 heterocycles. The minimum Gasteiger partial charge on any atom is -0.497 e. The molecule has 2 amide bonds. The van der Waals surface area contributed by atoms with Crippen LogP contribution in [0.5, 0.6) is 5.75 Å². The average Bonchev–Trinajstić information content (AvgIpc) is 3.33. The molecule has 0 unspecified atom stereocenters. The highest BCUT2D eigenvalue weighted by Gasteiger charge is 2.64. The first-order valence-corrected chi connectivity index (χ1v) is 10.6. The predicted molar refractivity (Wildman–Crippen MR) is 111 cm³/mol. The molecule has 2 aromatic rings. The number of aliphatic hydroxyl groups is 1. The number of rotatable bonds is 5. The molecule has 31 heavy (non-hydrogen) atoms. The lowest BCUT2D eigenvalue weighted by molar-refractivity contribution is -0.181. The van der Waals surface area contributed by atoms with Gasteiger partial charge in [-0.1, -0.05) is 12.1 Å². The molecular weight excluding hydrogens is 398 g/mol. The zero-order chi connectivity index (χ0) is 21.8. The number of furan rings is 1. The van der Waals surface area contributed by atoms with Crippen molar-refractivity contribution in [3.8, 4) is 5.75 Å². The Morgan fingerprint density at radius 3 is 2.52 bits per heavy atom. The number of amides is 2. The summed E-state index contributed by atoms with van der Waals surface area (Å²) in [7, 11) is 1.64. The maximum atomic E-state index is 13.6. The van der Waals surface area contributed by atoms with Crippen LogP contribution in [-0.2, 0) is 22.7 Å². The summed E-state index contributed by atoms with van der Waals surface area (Å²) in [6.07, 6.45) is -0.236. The number of hydrogen-bond donors (Lipinski definition) is 1. The van der Waals surface area contributed by atoms with Crippen molar-refractivity contribution >= 4 is 11.8 Å². The van der Waals surface area contributed by atoms with Crippen LogP contribution in [0.1, 0.15) is 23.5 Å². The van der Waals surface area contributed by atoms with Crippen LogP contribution in [0.2, 0.25) is 0 Å². The second-order valence-electron chi connectivity index (χ2n) is 8.82. The first-order valence-electron chi connectivity index (χ1n) is 10.6. The van der Waals surface area contributed by atoms with E-state index in [4.69, 9.17) is 9.15 Å². The Balaban J connectivity index is 1.36. The van der Waals surface area contributed by atoms with Gasteiger partial charge in [-0.05, 0) is 43.2 Å². The minimum absolute atomic E-state index is 0.131. The molecule has 0 radical (unpaired) electrons. The normalized spacial score (nSPS) is 25.7. The van der Waals surface area contributed by atoms with Gasteiger partial charge in [0.05, 0.1) is 25.8 Å². The van der Waals surface area contributed by atoms with Gasteiger partial charge in [-0.2, -0.15) is 0 Å². The topological polar surface area (TPSA) is 86.5 Å². The Kier molecular flexibility index (Phi) is 4.88. The predicted octanol–water partition coefficient (Wildman–Crippen LogP) is 1.16. The number of methoxy groups -OCH3 is 1. The fraction of sp³-hybridized carbons (Fsp3) is 0.478. The molecule has 2 atom stereocenters. The fourth-order valence-electron chi connectivity index (χ4n) is 5.16. The van der Waals surface area contributed by atoms with Crippen LogP contribution in [-0.4, -0.2) is 76.0 Å². The van der Waals surface area contributed by atoms with Crippen molar-refractivity contribution in [1.29, 1.82) is 0 Å². The molecule has 5 rings (SSSR count). The minimum atomic E-state index is -0.774. The Morgan fingerprint density at radius 2 is 1.87 bits per heavy atom. The lowest BCUT2D eigenvalue weighted by Gasteiger charge is -2.58. The summed E-state index contributed by atoms with van der Waals surface area (Å²) in [6.45, 7) is 4.09. The number of nitrogens with zero attached hydrogens (tertiary/aromatic N) is 3. The number of hydrogen-bond acceptors (Lipinski definition) is 7. The Bertz CT molecular complexity index is 995. The maximum Gasteiger partial charge on any atom is 0.252 e. The number of β-amino-alcohol motifs (C(OH)–C–C–N with tert-alkyl or cyclic N) is 1. The van der Waals surface area contributed by atoms with Gasteiger partial charge >= 0.3 is 0 Å². The monoisotopic (exact) mass is 425 g/mol. The van der Waals surface area contributed by atoms with Crippen LogP contribution in [0.3, 0.4) is 0 Å². The molecule has 1 N–H and O–H groups in total. The number of piperazine rings is 1. The van der Waals surface area contributed by atoms with Crippen molar-refractivity contribution in [1.82, 2.24) is 14.7 Å². The second-order valence-corrected chi connectivity index (χ2v) is 8.82. The van der Waals surface area contributed by atoms with Gasteiger partial charge in [0, 0.05) is 26.2 Å². The largest absolute Gasteiger partial charge is 0.497 e. The Morgan fingerprint density at radius 1 is 1.13 bits per heavy atom. The SMILES string of the molecule is COc1ccc(CN2CC3(C2)C(=O)N(Cc2ccc(C)o2)C(=O)[C@@H]2C[C@@H](O)CN23)cc1. The molecule has 3 aliphatic rings. The number of imide groups is 1. The molecule has 8 heteroatoms. The Hall–Kier alpha value is -2.68. The maximum absolute atomic E-state index is 13.6. The average molecular weight is 425 g/mol. The van der Waals surface area contributed by atoms with Crippen molar-refractivity contribution in [2.45, 2.75) is 44.1 Å². The first-order chi connectivity index (χ1) is 14.9. The molecule has 1 spiro atoms. The molecule has 3 aliphatic heterocycles. The van der Waals surface area contributed by atoms with Crippen molar-refractivity contribution in [2.24, 2.45) is 0 Å². The molecule has 164 valence electrons. The van der Waals surface area contributed by atoms with E-state index in [1.54, 1.807) is 13.2 Å². The molecule has 3 fully saturated rings. The third kappa shape index (κ3) is 3.35. The lowest BCUT2D eigenvalue weighted by atomic mass is 9.82. The van der Waals surface area contributed by atoms with Crippen LogP contribution in [0, 0.1) is 6.92 Å². The van der Waals surface area contributed by atoms with Crippen LogP contribution < -0.4 is 4.74 Å². The molecule has 8 nitrogen and oxygen atoms in total. The summed E-state index contributed by atoms with van der Waals surface area (Å²) in [5.41, 5.74) is 0.361. The van der Waals surface area contributed by atoms with E-state index in [1.807, 2.05) is 42.2 Å². The summed E-state index contributed by atoms with van der Waals surface area (Å²) in [4.78, 5) is 32.2. The number of carbonyl (C=O) groups excluding carboxylic acids is 2. The number of ether oxygens (including phenoxy) is 1. The van der Waals surface area contributed by atoms with E-state index >= 15 is 0 Å². The van der Waals surface area contributed by atoms with Gasteiger partial charge in [-0.15, -0.1) is 0 Å². The number of aliphatic hydroxyl groups excluding tert-OH is 1. The molecular formula is C23H27N3O5.